The minimum atomic E-state index is -0.0905. The summed E-state index contributed by atoms with van der Waals surface area (Å²) in [6.07, 6.45) is 0.899. The summed E-state index contributed by atoms with van der Waals surface area (Å²) in [6.45, 7) is 4.70. The first-order valence-corrected chi connectivity index (χ1v) is 4.80. The highest BCUT2D eigenvalue weighted by Gasteiger charge is 2.17. The van der Waals surface area contributed by atoms with Gasteiger partial charge in [-0.15, -0.1) is 5.10 Å². The lowest BCUT2D eigenvalue weighted by Gasteiger charge is -2.12. The Morgan fingerprint density at radius 1 is 1.57 bits per heavy atom. The van der Waals surface area contributed by atoms with E-state index in [9.17, 15) is 0 Å². The van der Waals surface area contributed by atoms with Gasteiger partial charge in [-0.3, -0.25) is 0 Å². The van der Waals surface area contributed by atoms with Gasteiger partial charge in [-0.25, -0.2) is 4.68 Å². The summed E-state index contributed by atoms with van der Waals surface area (Å²) in [7, 11) is 1.63. The Morgan fingerprint density at radius 3 is 2.79 bits per heavy atom. The fraction of sp³-hybridized carbons (Fsp3) is 0.778. The molecule has 14 heavy (non-hydrogen) atoms. The molecule has 1 unspecified atom stereocenters. The molecule has 0 amide bonds. The van der Waals surface area contributed by atoms with Crippen LogP contribution >= 0.6 is 0 Å². The van der Waals surface area contributed by atoms with Gasteiger partial charge in [0.15, 0.2) is 0 Å². The summed E-state index contributed by atoms with van der Waals surface area (Å²) in [5, 5.41) is 17.0. The average molecular weight is 199 g/mol. The van der Waals surface area contributed by atoms with Crippen LogP contribution in [0, 0.1) is 0 Å². The van der Waals surface area contributed by atoms with Crippen molar-refractivity contribution in [3.8, 4) is 0 Å². The van der Waals surface area contributed by atoms with E-state index in [4.69, 9.17) is 9.84 Å². The number of aromatic nitrogens is 3. The molecule has 0 aliphatic carbocycles. The lowest BCUT2D eigenvalue weighted by molar-refractivity contribution is 0.109. The number of rotatable bonds is 5. The van der Waals surface area contributed by atoms with Crippen molar-refractivity contribution >= 4 is 0 Å². The Balaban J connectivity index is 2.99. The molecule has 0 aromatic carbocycles. The van der Waals surface area contributed by atoms with Crippen LogP contribution in [-0.2, 0) is 17.9 Å². The quantitative estimate of drug-likeness (QED) is 0.765. The van der Waals surface area contributed by atoms with E-state index < -0.39 is 0 Å². The summed E-state index contributed by atoms with van der Waals surface area (Å²) in [5.41, 5.74) is 1.48. The predicted octanol–water partition coefficient (Wildman–Crippen LogP) is 0.888. The molecule has 1 aromatic rings. The van der Waals surface area contributed by atoms with E-state index in [0.29, 0.717) is 5.69 Å². The summed E-state index contributed by atoms with van der Waals surface area (Å²) in [6, 6.07) is 0. The number of hydrogen-bond donors (Lipinski definition) is 1. The summed E-state index contributed by atoms with van der Waals surface area (Å²) < 4.78 is 7.00. The lowest BCUT2D eigenvalue weighted by Crippen LogP contribution is -2.10. The van der Waals surface area contributed by atoms with Gasteiger partial charge in [0.2, 0.25) is 0 Å². The fourth-order valence-electron chi connectivity index (χ4n) is 1.40. The van der Waals surface area contributed by atoms with Crippen LogP contribution in [0.5, 0.6) is 0 Å². The van der Waals surface area contributed by atoms with Crippen molar-refractivity contribution in [3.63, 3.8) is 0 Å². The van der Waals surface area contributed by atoms with Gasteiger partial charge >= 0.3 is 0 Å². The van der Waals surface area contributed by atoms with Crippen LogP contribution < -0.4 is 0 Å². The van der Waals surface area contributed by atoms with Gasteiger partial charge < -0.3 is 9.84 Å². The Labute approximate surface area is 83.7 Å². The van der Waals surface area contributed by atoms with Crippen LogP contribution in [0.4, 0.5) is 0 Å². The van der Waals surface area contributed by atoms with Crippen molar-refractivity contribution < 1.29 is 9.84 Å². The van der Waals surface area contributed by atoms with Crippen molar-refractivity contribution in [3.05, 3.63) is 11.4 Å². The largest absolute Gasteiger partial charge is 0.390 e. The molecule has 0 bridgehead atoms. The Bertz CT molecular complexity index is 286. The predicted molar refractivity (Wildman–Crippen MR) is 51.7 cm³/mol. The van der Waals surface area contributed by atoms with E-state index in [2.05, 4.69) is 17.2 Å². The summed E-state index contributed by atoms with van der Waals surface area (Å²) >= 11 is 0. The van der Waals surface area contributed by atoms with Gasteiger partial charge in [0.1, 0.15) is 5.69 Å². The molecule has 0 aliphatic rings. The van der Waals surface area contributed by atoms with Crippen LogP contribution in [0.3, 0.4) is 0 Å². The maximum Gasteiger partial charge on any atom is 0.114 e. The zero-order valence-corrected chi connectivity index (χ0v) is 8.90. The fourth-order valence-corrected chi connectivity index (χ4v) is 1.40. The molecule has 5 heteroatoms. The molecule has 0 spiro atoms. The van der Waals surface area contributed by atoms with Crippen LogP contribution in [0.25, 0.3) is 0 Å². The SMILES string of the molecule is CCCn1nnc(CO)c1C(C)OC. The van der Waals surface area contributed by atoms with E-state index in [0.717, 1.165) is 18.7 Å². The molecule has 1 N–H and O–H groups in total. The Hall–Kier alpha value is -0.940. The number of aliphatic hydroxyl groups is 1. The van der Waals surface area contributed by atoms with Gasteiger partial charge in [-0.1, -0.05) is 12.1 Å². The van der Waals surface area contributed by atoms with Crippen molar-refractivity contribution in [2.45, 2.75) is 39.5 Å². The van der Waals surface area contributed by atoms with E-state index in [-0.39, 0.29) is 12.7 Å². The van der Waals surface area contributed by atoms with Gasteiger partial charge in [0, 0.05) is 13.7 Å². The first-order valence-electron chi connectivity index (χ1n) is 4.80. The van der Waals surface area contributed by atoms with Crippen molar-refractivity contribution in [2.24, 2.45) is 0 Å². The van der Waals surface area contributed by atoms with Crippen LogP contribution in [-0.4, -0.2) is 27.2 Å². The van der Waals surface area contributed by atoms with Crippen molar-refractivity contribution in [2.75, 3.05) is 7.11 Å². The number of ether oxygens (including phenoxy) is 1. The standard InChI is InChI=1S/C9H17N3O2/c1-4-5-12-9(7(2)14-3)8(6-13)10-11-12/h7,13H,4-6H2,1-3H3. The maximum atomic E-state index is 9.07. The highest BCUT2D eigenvalue weighted by atomic mass is 16.5. The molecule has 1 atom stereocenters. The van der Waals surface area contributed by atoms with Gasteiger partial charge in [0.25, 0.3) is 0 Å². The van der Waals surface area contributed by atoms with Crippen molar-refractivity contribution in [1.82, 2.24) is 15.0 Å². The lowest BCUT2D eigenvalue weighted by atomic mass is 10.2. The highest BCUT2D eigenvalue weighted by Crippen LogP contribution is 2.18. The molecular formula is C9H17N3O2. The first-order chi connectivity index (χ1) is 6.74. The number of hydrogen-bond acceptors (Lipinski definition) is 4. The minimum Gasteiger partial charge on any atom is -0.390 e. The smallest absolute Gasteiger partial charge is 0.114 e. The van der Waals surface area contributed by atoms with Crippen LogP contribution in [0.2, 0.25) is 0 Å². The second-order valence-corrected chi connectivity index (χ2v) is 3.18. The molecule has 0 saturated heterocycles. The number of aliphatic hydroxyl groups excluding tert-OH is 1. The molecule has 0 saturated carbocycles. The third-order valence-corrected chi connectivity index (χ3v) is 2.17. The van der Waals surface area contributed by atoms with Gasteiger partial charge in [-0.2, -0.15) is 0 Å². The second kappa shape index (κ2) is 5.07. The third-order valence-electron chi connectivity index (χ3n) is 2.17. The molecule has 0 aliphatic heterocycles. The molecule has 1 aromatic heterocycles. The molecule has 0 fully saturated rings. The van der Waals surface area contributed by atoms with Crippen LogP contribution in [0.1, 0.15) is 37.8 Å². The molecule has 5 nitrogen and oxygen atoms in total. The van der Waals surface area contributed by atoms with E-state index in [1.807, 2.05) is 6.92 Å². The molecule has 1 rings (SSSR count). The van der Waals surface area contributed by atoms with E-state index in [1.165, 1.54) is 0 Å². The molecule has 1 heterocycles. The number of aryl methyl sites for hydroxylation is 1. The first kappa shape index (κ1) is 11.1. The third kappa shape index (κ3) is 2.10. The zero-order valence-electron chi connectivity index (χ0n) is 8.90. The van der Waals surface area contributed by atoms with Crippen molar-refractivity contribution in [1.29, 1.82) is 0 Å². The Kier molecular flexibility index (Phi) is 4.03. The number of methoxy groups -OCH3 is 1. The topological polar surface area (TPSA) is 60.2 Å². The number of nitrogens with zero attached hydrogens (tertiary/aromatic N) is 3. The summed E-state index contributed by atoms with van der Waals surface area (Å²) in [5.74, 6) is 0. The van der Waals surface area contributed by atoms with Crippen LogP contribution in [0.15, 0.2) is 0 Å². The summed E-state index contributed by atoms with van der Waals surface area (Å²) in [4.78, 5) is 0. The second-order valence-electron chi connectivity index (χ2n) is 3.18. The molecular weight excluding hydrogens is 182 g/mol. The highest BCUT2D eigenvalue weighted by molar-refractivity contribution is 5.11. The zero-order chi connectivity index (χ0) is 10.6. The minimum absolute atomic E-state index is 0.0845. The maximum absolute atomic E-state index is 9.07. The molecule has 0 radical (unpaired) electrons. The van der Waals surface area contributed by atoms with Gasteiger partial charge in [-0.05, 0) is 13.3 Å². The van der Waals surface area contributed by atoms with Gasteiger partial charge in [0.05, 0.1) is 18.4 Å². The normalized spacial score (nSPS) is 13.1. The average Bonchev–Trinajstić information content (AvgIpc) is 2.60. The Morgan fingerprint density at radius 2 is 2.29 bits per heavy atom. The molecule has 80 valence electrons. The van der Waals surface area contributed by atoms with E-state index in [1.54, 1.807) is 11.8 Å². The monoisotopic (exact) mass is 199 g/mol. The van der Waals surface area contributed by atoms with E-state index >= 15 is 0 Å².